The molecule has 0 amide bonds. The lowest BCUT2D eigenvalue weighted by molar-refractivity contribution is -0.240. The molecule has 4 rings (SSSR count). The van der Waals surface area contributed by atoms with E-state index in [0.29, 0.717) is 0 Å². The smallest absolute Gasteiger partial charge is 0.310 e. The van der Waals surface area contributed by atoms with Crippen LogP contribution in [0.5, 0.6) is 0 Å². The van der Waals surface area contributed by atoms with Crippen molar-refractivity contribution in [2.75, 3.05) is 19.6 Å². The first-order valence-electron chi connectivity index (χ1n) is 10.4. The third-order valence-electron chi connectivity index (χ3n) is 6.12. The van der Waals surface area contributed by atoms with E-state index in [2.05, 4.69) is 28.4 Å². The van der Waals surface area contributed by atoms with Crippen molar-refractivity contribution >= 4 is 5.97 Å². The molecule has 0 saturated carbocycles. The fraction of sp³-hybridized carbons (Fsp3) is 0.435. The van der Waals surface area contributed by atoms with Crippen LogP contribution in [0.3, 0.4) is 0 Å². The molecule has 0 spiro atoms. The standard InChI is InChI=1S/C23H29N3O3/c1-16(22(27)28)19-7-2-5-17(14-19)13-18-6-3-8-20(15-18)21-9-12-25-11-4-10-24-23(25)26(21)29/h2-3,5-8,14-16,21,23-24,29H,4,9-13H2,1H3,(H,27,28). The van der Waals surface area contributed by atoms with E-state index in [4.69, 9.17) is 0 Å². The van der Waals surface area contributed by atoms with Gasteiger partial charge in [0.2, 0.25) is 0 Å². The van der Waals surface area contributed by atoms with Crippen LogP contribution in [0.2, 0.25) is 0 Å². The fourth-order valence-electron chi connectivity index (χ4n) is 4.43. The molecule has 6 heteroatoms. The fourth-order valence-corrected chi connectivity index (χ4v) is 4.43. The zero-order valence-electron chi connectivity index (χ0n) is 16.8. The molecule has 2 aromatic rings. The number of hydrogen-bond acceptors (Lipinski definition) is 5. The van der Waals surface area contributed by atoms with Crippen LogP contribution in [0.1, 0.15) is 54.0 Å². The summed E-state index contributed by atoms with van der Waals surface area (Å²) in [6.07, 6.45) is 2.63. The van der Waals surface area contributed by atoms with Crippen LogP contribution >= 0.6 is 0 Å². The molecule has 29 heavy (non-hydrogen) atoms. The average Bonchev–Trinajstić information content (AvgIpc) is 2.74. The predicted molar refractivity (Wildman–Crippen MR) is 111 cm³/mol. The molecule has 2 fully saturated rings. The van der Waals surface area contributed by atoms with Crippen LogP contribution in [-0.4, -0.2) is 52.2 Å². The Labute approximate surface area is 171 Å². The third kappa shape index (κ3) is 4.36. The summed E-state index contributed by atoms with van der Waals surface area (Å²) >= 11 is 0. The van der Waals surface area contributed by atoms with Crippen molar-refractivity contribution in [2.24, 2.45) is 0 Å². The minimum absolute atomic E-state index is 0.0276. The Balaban J connectivity index is 1.51. The van der Waals surface area contributed by atoms with Crippen LogP contribution in [0, 0.1) is 0 Å². The lowest BCUT2D eigenvalue weighted by Crippen LogP contribution is -2.63. The van der Waals surface area contributed by atoms with Crippen LogP contribution in [-0.2, 0) is 11.2 Å². The number of nitrogens with one attached hydrogen (secondary N) is 1. The van der Waals surface area contributed by atoms with Gasteiger partial charge in [0.05, 0.1) is 12.0 Å². The number of carboxylic acids is 1. The first kappa shape index (κ1) is 20.0. The van der Waals surface area contributed by atoms with Crippen LogP contribution in [0.25, 0.3) is 0 Å². The number of hydroxylamine groups is 2. The summed E-state index contributed by atoms with van der Waals surface area (Å²) in [5.74, 6) is -1.33. The number of fused-ring (bicyclic) bond motifs is 1. The molecule has 2 aliphatic rings. The Bertz CT molecular complexity index is 872. The third-order valence-corrected chi connectivity index (χ3v) is 6.12. The van der Waals surface area contributed by atoms with E-state index < -0.39 is 11.9 Å². The quantitative estimate of drug-likeness (QED) is 0.722. The molecule has 2 saturated heterocycles. The monoisotopic (exact) mass is 395 g/mol. The first-order chi connectivity index (χ1) is 14.0. The van der Waals surface area contributed by atoms with Gasteiger partial charge in [-0.15, -0.1) is 0 Å². The summed E-state index contributed by atoms with van der Waals surface area (Å²) in [6, 6.07) is 16.2. The van der Waals surface area contributed by atoms with Gasteiger partial charge >= 0.3 is 5.97 Å². The van der Waals surface area contributed by atoms with Gasteiger partial charge in [0.15, 0.2) is 0 Å². The molecule has 2 aliphatic heterocycles. The van der Waals surface area contributed by atoms with Crippen LogP contribution in [0.15, 0.2) is 48.5 Å². The van der Waals surface area contributed by atoms with Crippen molar-refractivity contribution in [1.82, 2.24) is 15.3 Å². The molecule has 6 nitrogen and oxygen atoms in total. The highest BCUT2D eigenvalue weighted by Crippen LogP contribution is 2.31. The largest absolute Gasteiger partial charge is 0.481 e. The van der Waals surface area contributed by atoms with E-state index in [-0.39, 0.29) is 12.3 Å². The molecule has 2 heterocycles. The number of hydrogen-bond donors (Lipinski definition) is 3. The molecule has 154 valence electrons. The Morgan fingerprint density at radius 1 is 1.17 bits per heavy atom. The molecule has 3 unspecified atom stereocenters. The van der Waals surface area contributed by atoms with Crippen molar-refractivity contribution in [2.45, 2.75) is 44.4 Å². The lowest BCUT2D eigenvalue weighted by atomic mass is 9.94. The number of nitrogens with zero attached hydrogens (tertiary/aromatic N) is 2. The van der Waals surface area contributed by atoms with Gasteiger partial charge in [-0.3, -0.25) is 15.0 Å². The van der Waals surface area contributed by atoms with Crippen molar-refractivity contribution < 1.29 is 15.1 Å². The number of carboxylic acid groups (broad SMARTS) is 1. The second kappa shape index (κ2) is 8.63. The molecule has 0 aromatic heterocycles. The Morgan fingerprint density at radius 2 is 1.93 bits per heavy atom. The normalized spacial score (nSPS) is 24.1. The molecule has 3 atom stereocenters. The molecular weight excluding hydrogens is 366 g/mol. The number of rotatable bonds is 5. The van der Waals surface area contributed by atoms with Gasteiger partial charge in [0, 0.05) is 13.1 Å². The highest BCUT2D eigenvalue weighted by Gasteiger charge is 2.36. The Morgan fingerprint density at radius 3 is 2.72 bits per heavy atom. The van der Waals surface area contributed by atoms with E-state index in [1.54, 1.807) is 6.92 Å². The molecule has 2 aromatic carbocycles. The van der Waals surface area contributed by atoms with Crippen molar-refractivity contribution in [1.29, 1.82) is 0 Å². The number of benzene rings is 2. The minimum atomic E-state index is -0.810. The van der Waals surface area contributed by atoms with Crippen LogP contribution in [0.4, 0.5) is 0 Å². The topological polar surface area (TPSA) is 76.0 Å². The van der Waals surface area contributed by atoms with Gasteiger partial charge in [-0.2, -0.15) is 5.06 Å². The van der Waals surface area contributed by atoms with Gasteiger partial charge in [-0.1, -0.05) is 48.5 Å². The van der Waals surface area contributed by atoms with E-state index in [0.717, 1.165) is 61.2 Å². The molecular formula is C23H29N3O3. The zero-order valence-corrected chi connectivity index (χ0v) is 16.8. The second-order valence-electron chi connectivity index (χ2n) is 8.13. The SMILES string of the molecule is CC(C(=O)O)c1cccc(Cc2cccc(C3CCN4CCCNC4N3O)c2)c1. The summed E-state index contributed by atoms with van der Waals surface area (Å²) in [7, 11) is 0. The summed E-state index contributed by atoms with van der Waals surface area (Å²) in [6.45, 7) is 4.63. The summed E-state index contributed by atoms with van der Waals surface area (Å²) in [5.41, 5.74) is 4.20. The lowest BCUT2D eigenvalue weighted by Gasteiger charge is -2.47. The maximum absolute atomic E-state index is 11.3. The minimum Gasteiger partial charge on any atom is -0.481 e. The van der Waals surface area contributed by atoms with Gasteiger partial charge in [0.1, 0.15) is 6.29 Å². The first-order valence-corrected chi connectivity index (χ1v) is 10.4. The average molecular weight is 396 g/mol. The summed E-state index contributed by atoms with van der Waals surface area (Å²) in [4.78, 5) is 13.6. The van der Waals surface area contributed by atoms with E-state index in [9.17, 15) is 15.1 Å². The summed E-state index contributed by atoms with van der Waals surface area (Å²) < 4.78 is 0. The zero-order chi connectivity index (χ0) is 20.4. The Hall–Kier alpha value is -2.25. The van der Waals surface area contributed by atoms with Crippen LogP contribution < -0.4 is 5.32 Å². The number of aliphatic carboxylic acids is 1. The van der Waals surface area contributed by atoms with E-state index >= 15 is 0 Å². The number of carbonyl (C=O) groups is 1. The summed E-state index contributed by atoms with van der Waals surface area (Å²) in [5, 5.41) is 25.0. The predicted octanol–water partition coefficient (Wildman–Crippen LogP) is 3.18. The highest BCUT2D eigenvalue weighted by molar-refractivity contribution is 5.75. The van der Waals surface area contributed by atoms with E-state index in [1.807, 2.05) is 30.3 Å². The highest BCUT2D eigenvalue weighted by atomic mass is 16.5. The van der Waals surface area contributed by atoms with Gasteiger partial charge in [0.25, 0.3) is 0 Å². The molecule has 0 aliphatic carbocycles. The molecule has 3 N–H and O–H groups in total. The molecule has 0 radical (unpaired) electrons. The van der Waals surface area contributed by atoms with Gasteiger partial charge < -0.3 is 10.3 Å². The molecule has 0 bridgehead atoms. The van der Waals surface area contributed by atoms with Gasteiger partial charge in [-0.25, -0.2) is 0 Å². The van der Waals surface area contributed by atoms with Crippen molar-refractivity contribution in [3.05, 3.63) is 70.8 Å². The Kier molecular flexibility index (Phi) is 5.96. The van der Waals surface area contributed by atoms with Crippen molar-refractivity contribution in [3.63, 3.8) is 0 Å². The second-order valence-corrected chi connectivity index (χ2v) is 8.13. The van der Waals surface area contributed by atoms with E-state index in [1.165, 1.54) is 5.06 Å². The maximum atomic E-state index is 11.3. The maximum Gasteiger partial charge on any atom is 0.310 e. The van der Waals surface area contributed by atoms with Gasteiger partial charge in [-0.05, 0) is 55.0 Å². The van der Waals surface area contributed by atoms with Crippen molar-refractivity contribution in [3.8, 4) is 0 Å².